The van der Waals surface area contributed by atoms with Crippen molar-refractivity contribution in [3.05, 3.63) is 28.6 Å². The van der Waals surface area contributed by atoms with Crippen molar-refractivity contribution in [3.63, 3.8) is 0 Å². The Hall–Kier alpha value is -2.03. The fourth-order valence-corrected chi connectivity index (χ4v) is 3.53. The summed E-state index contributed by atoms with van der Waals surface area (Å²) < 4.78 is 3.98. The summed E-state index contributed by atoms with van der Waals surface area (Å²) in [5, 5.41) is 19.8. The quantitative estimate of drug-likeness (QED) is 0.356. The molecule has 0 fully saturated rings. The van der Waals surface area contributed by atoms with Gasteiger partial charge in [0.2, 0.25) is 0 Å². The van der Waals surface area contributed by atoms with Crippen LogP contribution in [0, 0.1) is 6.92 Å². The molecule has 0 unspecified atom stereocenters. The number of aliphatic imine (C=N–C) groups is 1. The van der Waals surface area contributed by atoms with E-state index in [2.05, 4.69) is 46.0 Å². The molecule has 0 aliphatic carbocycles. The van der Waals surface area contributed by atoms with Crippen LogP contribution >= 0.6 is 11.8 Å². The number of nitrogens with zero attached hydrogens (tertiary/aromatic N) is 6. The third-order valence-corrected chi connectivity index (χ3v) is 5.53. The second-order valence-corrected chi connectivity index (χ2v) is 7.70. The first-order valence-corrected chi connectivity index (χ1v) is 11.3. The molecule has 9 heteroatoms. The minimum absolute atomic E-state index is 0.583. The second-order valence-electron chi connectivity index (χ2n) is 6.72. The Morgan fingerprint density at radius 3 is 2.54 bits per heavy atom. The molecule has 28 heavy (non-hydrogen) atoms. The molecule has 0 aliphatic heterocycles. The topological polar surface area (TPSA) is 84.9 Å². The largest absolute Gasteiger partial charge is 0.356 e. The molecule has 2 aromatic heterocycles. The van der Waals surface area contributed by atoms with E-state index in [9.17, 15) is 0 Å². The van der Waals surface area contributed by atoms with Gasteiger partial charge in [0.15, 0.2) is 11.8 Å². The predicted octanol–water partition coefficient (Wildman–Crippen LogP) is 1.97. The highest BCUT2D eigenvalue weighted by atomic mass is 32.2. The third kappa shape index (κ3) is 5.73. The van der Waals surface area contributed by atoms with Crippen LogP contribution in [0.15, 0.2) is 4.99 Å². The van der Waals surface area contributed by atoms with Crippen molar-refractivity contribution < 1.29 is 0 Å². The highest BCUT2D eigenvalue weighted by Crippen LogP contribution is 2.16. The van der Waals surface area contributed by atoms with Gasteiger partial charge in [0.05, 0.1) is 18.8 Å². The molecular formula is C19H34N8S. The number of thioether (sulfide) groups is 1. The molecule has 0 spiro atoms. The van der Waals surface area contributed by atoms with Gasteiger partial charge in [-0.1, -0.05) is 13.8 Å². The molecule has 0 saturated heterocycles. The van der Waals surface area contributed by atoms with Crippen LogP contribution in [-0.2, 0) is 40.0 Å². The molecule has 0 amide bonds. The number of nitrogens with one attached hydrogen (secondary N) is 2. The highest BCUT2D eigenvalue weighted by Gasteiger charge is 2.13. The van der Waals surface area contributed by atoms with Crippen LogP contribution in [0.4, 0.5) is 0 Å². The molecule has 8 nitrogen and oxygen atoms in total. The van der Waals surface area contributed by atoms with E-state index in [0.29, 0.717) is 13.1 Å². The van der Waals surface area contributed by atoms with E-state index in [1.165, 1.54) is 11.3 Å². The summed E-state index contributed by atoms with van der Waals surface area (Å²) in [6.45, 7) is 8.35. The maximum Gasteiger partial charge on any atom is 0.191 e. The predicted molar refractivity (Wildman–Crippen MR) is 117 cm³/mol. The van der Waals surface area contributed by atoms with Crippen LogP contribution in [0.3, 0.4) is 0 Å². The summed E-state index contributed by atoms with van der Waals surface area (Å²) in [6, 6.07) is 0. The average Bonchev–Trinajstić information content (AvgIpc) is 3.18. The molecule has 2 aromatic rings. The maximum atomic E-state index is 4.85. The lowest BCUT2D eigenvalue weighted by molar-refractivity contribution is 0.702. The van der Waals surface area contributed by atoms with E-state index < -0.39 is 0 Å². The Labute approximate surface area is 172 Å². The van der Waals surface area contributed by atoms with Crippen LogP contribution in [0.1, 0.15) is 48.9 Å². The fourth-order valence-electron chi connectivity index (χ4n) is 3.10. The van der Waals surface area contributed by atoms with Crippen molar-refractivity contribution in [1.29, 1.82) is 0 Å². The van der Waals surface area contributed by atoms with Gasteiger partial charge in [0.1, 0.15) is 5.82 Å². The van der Waals surface area contributed by atoms with Gasteiger partial charge in [-0.15, -0.1) is 10.2 Å². The zero-order chi connectivity index (χ0) is 20.5. The molecule has 0 saturated carbocycles. The molecule has 2 rings (SSSR count). The Morgan fingerprint density at radius 1 is 1.14 bits per heavy atom. The van der Waals surface area contributed by atoms with Gasteiger partial charge in [0, 0.05) is 31.9 Å². The van der Waals surface area contributed by atoms with Gasteiger partial charge >= 0.3 is 0 Å². The number of hydrogen-bond acceptors (Lipinski definition) is 5. The standard InChI is InChI=1S/C19H34N8S/c1-7-16-15(17(8-2)27(5)25-16)12-21-19(20-10-9-11-28-6)22-13-18-24-23-14(3)26(18)4/h7-13H2,1-6H3,(H2,20,21,22). The van der Waals surface area contributed by atoms with Crippen molar-refractivity contribution >= 4 is 17.7 Å². The molecule has 0 bridgehead atoms. The fraction of sp³-hybridized carbons (Fsp3) is 0.684. The number of guanidine groups is 1. The van der Waals surface area contributed by atoms with E-state index in [1.54, 1.807) is 0 Å². The zero-order valence-corrected chi connectivity index (χ0v) is 18.9. The summed E-state index contributed by atoms with van der Waals surface area (Å²) in [7, 11) is 3.99. The van der Waals surface area contributed by atoms with Gasteiger partial charge in [0.25, 0.3) is 0 Å². The normalized spacial score (nSPS) is 11.9. The van der Waals surface area contributed by atoms with Gasteiger partial charge in [-0.3, -0.25) is 4.68 Å². The summed E-state index contributed by atoms with van der Waals surface area (Å²) in [4.78, 5) is 4.85. The van der Waals surface area contributed by atoms with Crippen molar-refractivity contribution in [2.45, 2.75) is 53.1 Å². The molecule has 0 radical (unpaired) electrons. The van der Waals surface area contributed by atoms with Crippen molar-refractivity contribution in [1.82, 2.24) is 35.2 Å². The smallest absolute Gasteiger partial charge is 0.191 e. The Kier molecular flexibility index (Phi) is 8.82. The monoisotopic (exact) mass is 406 g/mol. The van der Waals surface area contributed by atoms with Crippen LogP contribution in [0.2, 0.25) is 0 Å². The lowest BCUT2D eigenvalue weighted by atomic mass is 10.1. The lowest BCUT2D eigenvalue weighted by Crippen LogP contribution is -2.38. The Balaban J connectivity index is 2.12. The van der Waals surface area contributed by atoms with Gasteiger partial charge < -0.3 is 15.2 Å². The molecule has 0 aliphatic rings. The van der Waals surface area contributed by atoms with E-state index in [0.717, 1.165) is 54.9 Å². The first kappa shape index (κ1) is 22.3. The second kappa shape index (κ2) is 11.1. The zero-order valence-electron chi connectivity index (χ0n) is 18.0. The Morgan fingerprint density at radius 2 is 1.93 bits per heavy atom. The van der Waals surface area contributed by atoms with Crippen LogP contribution < -0.4 is 10.6 Å². The minimum atomic E-state index is 0.583. The van der Waals surface area contributed by atoms with Gasteiger partial charge in [-0.05, 0) is 38.2 Å². The number of aromatic nitrogens is 5. The molecule has 2 N–H and O–H groups in total. The lowest BCUT2D eigenvalue weighted by Gasteiger charge is -2.13. The third-order valence-electron chi connectivity index (χ3n) is 4.84. The number of aryl methyl sites for hydroxylation is 3. The molecular weight excluding hydrogens is 372 g/mol. The Bertz CT molecular complexity index is 777. The summed E-state index contributed by atoms with van der Waals surface area (Å²) in [5.74, 6) is 3.72. The highest BCUT2D eigenvalue weighted by molar-refractivity contribution is 7.98. The van der Waals surface area contributed by atoms with Crippen molar-refractivity contribution in [2.75, 3.05) is 18.6 Å². The summed E-state index contributed by atoms with van der Waals surface area (Å²) in [5.41, 5.74) is 3.63. The van der Waals surface area contributed by atoms with Gasteiger partial charge in [-0.25, -0.2) is 4.99 Å². The van der Waals surface area contributed by atoms with E-state index in [1.807, 2.05) is 42.0 Å². The van der Waals surface area contributed by atoms with Crippen molar-refractivity contribution in [3.8, 4) is 0 Å². The minimum Gasteiger partial charge on any atom is -0.356 e. The first-order valence-electron chi connectivity index (χ1n) is 9.91. The summed E-state index contributed by atoms with van der Waals surface area (Å²) in [6.07, 6.45) is 5.10. The molecule has 2 heterocycles. The van der Waals surface area contributed by atoms with Crippen LogP contribution in [0.5, 0.6) is 0 Å². The average molecular weight is 407 g/mol. The number of rotatable bonds is 10. The van der Waals surface area contributed by atoms with E-state index in [-0.39, 0.29) is 0 Å². The molecule has 156 valence electrons. The maximum absolute atomic E-state index is 4.85. The summed E-state index contributed by atoms with van der Waals surface area (Å²) >= 11 is 1.86. The van der Waals surface area contributed by atoms with Crippen LogP contribution in [0.25, 0.3) is 0 Å². The van der Waals surface area contributed by atoms with Crippen molar-refractivity contribution in [2.24, 2.45) is 19.1 Å². The van der Waals surface area contributed by atoms with E-state index in [4.69, 9.17) is 4.99 Å². The molecule has 0 aromatic carbocycles. The SMILES string of the molecule is CCc1nn(C)c(CC)c1CN=C(NCCCSC)NCc1nnc(C)n1C. The van der Waals surface area contributed by atoms with Gasteiger partial charge in [-0.2, -0.15) is 16.9 Å². The van der Waals surface area contributed by atoms with E-state index >= 15 is 0 Å². The van der Waals surface area contributed by atoms with Crippen LogP contribution in [-0.4, -0.2) is 49.1 Å². The first-order chi connectivity index (χ1) is 13.5. The molecule has 0 atom stereocenters. The number of hydrogen-bond donors (Lipinski definition) is 2.